The first-order chi connectivity index (χ1) is 16.6. The molecule has 34 heavy (non-hydrogen) atoms. The summed E-state index contributed by atoms with van der Waals surface area (Å²) in [5.41, 5.74) is 10.7. The Morgan fingerprint density at radius 3 is 2.21 bits per heavy atom. The molecule has 0 radical (unpaired) electrons. The van der Waals surface area contributed by atoms with Crippen LogP contribution in [0.25, 0.3) is 12.2 Å². The maximum absolute atomic E-state index is 4.08. The van der Waals surface area contributed by atoms with Gasteiger partial charge in [-0.05, 0) is 82.6 Å². The second-order valence-electron chi connectivity index (χ2n) is 9.42. The number of hydrogen-bond acceptors (Lipinski definition) is 1. The summed E-state index contributed by atoms with van der Waals surface area (Å²) >= 11 is 0. The summed E-state index contributed by atoms with van der Waals surface area (Å²) < 4.78 is 0. The summed E-state index contributed by atoms with van der Waals surface area (Å²) in [4.78, 5) is 2.55. The van der Waals surface area contributed by atoms with Gasteiger partial charge in [-0.15, -0.1) is 0 Å². The van der Waals surface area contributed by atoms with E-state index < -0.39 is 0 Å². The summed E-state index contributed by atoms with van der Waals surface area (Å²) in [6.07, 6.45) is 4.51. The second-order valence-corrected chi connectivity index (χ2v) is 9.42. The van der Waals surface area contributed by atoms with Crippen LogP contribution in [-0.2, 0) is 12.8 Å². The molecule has 170 valence electrons. The second kappa shape index (κ2) is 9.73. The fourth-order valence-electron chi connectivity index (χ4n) is 5.04. The summed E-state index contributed by atoms with van der Waals surface area (Å²) in [6, 6.07) is 33.6. The summed E-state index contributed by atoms with van der Waals surface area (Å²) in [5.74, 6) is 0. The van der Waals surface area contributed by atoms with Gasteiger partial charge in [-0.1, -0.05) is 98.3 Å². The third-order valence-corrected chi connectivity index (χ3v) is 6.92. The Morgan fingerprint density at radius 2 is 1.44 bits per heavy atom. The molecule has 4 aromatic rings. The third-order valence-electron chi connectivity index (χ3n) is 6.92. The predicted octanol–water partition coefficient (Wildman–Crippen LogP) is 6.69. The Balaban J connectivity index is 1.67. The minimum Gasteiger partial charge on any atom is -0.341 e. The number of unbranched alkanes of at least 4 members (excludes halogenated alkanes) is 1. The lowest BCUT2D eigenvalue weighted by Gasteiger charge is -2.27. The minimum absolute atomic E-state index is 1.04. The first kappa shape index (κ1) is 22.2. The van der Waals surface area contributed by atoms with E-state index in [9.17, 15) is 0 Å². The van der Waals surface area contributed by atoms with Crippen LogP contribution in [0.15, 0.2) is 91.0 Å². The molecular formula is C33H33N. The van der Waals surface area contributed by atoms with Crippen molar-refractivity contribution in [1.82, 2.24) is 0 Å². The van der Waals surface area contributed by atoms with Crippen LogP contribution in [0.4, 0.5) is 11.4 Å². The molecule has 0 fully saturated rings. The van der Waals surface area contributed by atoms with Crippen molar-refractivity contribution in [3.05, 3.63) is 129 Å². The van der Waals surface area contributed by atoms with Gasteiger partial charge >= 0.3 is 0 Å². The molecule has 0 saturated carbocycles. The van der Waals surface area contributed by atoms with Crippen LogP contribution in [0.1, 0.15) is 47.6 Å². The van der Waals surface area contributed by atoms with E-state index >= 15 is 0 Å². The van der Waals surface area contributed by atoms with Crippen molar-refractivity contribution in [2.24, 2.45) is 0 Å². The number of nitrogens with zero attached hydrogens (tertiary/aromatic N) is 1. The molecule has 0 spiro atoms. The lowest BCUT2D eigenvalue weighted by molar-refractivity contribution is 0.784. The summed E-state index contributed by atoms with van der Waals surface area (Å²) in [7, 11) is 0. The number of rotatable bonds is 5. The van der Waals surface area contributed by atoms with E-state index in [1.807, 2.05) is 0 Å². The van der Waals surface area contributed by atoms with Gasteiger partial charge in [-0.2, -0.15) is 0 Å². The van der Waals surface area contributed by atoms with E-state index in [0.717, 1.165) is 24.6 Å². The number of fused-ring (bicyclic) bond motifs is 2. The highest BCUT2D eigenvalue weighted by molar-refractivity contribution is 5.82. The molecule has 0 atom stereocenters. The largest absolute Gasteiger partial charge is 0.341 e. The SMILES string of the molecule is C=c1ccc(=C(c2ccc(C)cc2)c2ccc3c(c2)CCc2ccccc2N3CCCC)cc1. The molecule has 0 amide bonds. The Bertz CT molecular complexity index is 1390. The number of anilines is 2. The predicted molar refractivity (Wildman–Crippen MR) is 146 cm³/mol. The molecule has 1 aliphatic heterocycles. The highest BCUT2D eigenvalue weighted by atomic mass is 15.1. The van der Waals surface area contributed by atoms with Crippen LogP contribution in [0.2, 0.25) is 0 Å². The van der Waals surface area contributed by atoms with E-state index in [1.165, 1.54) is 62.8 Å². The maximum Gasteiger partial charge on any atom is 0.0443 e. The average Bonchev–Trinajstić information content (AvgIpc) is 3.02. The molecule has 1 aliphatic rings. The zero-order valence-electron chi connectivity index (χ0n) is 20.4. The molecule has 0 aliphatic carbocycles. The van der Waals surface area contributed by atoms with E-state index in [2.05, 4.69) is 116 Å². The first-order valence-corrected chi connectivity index (χ1v) is 12.5. The van der Waals surface area contributed by atoms with Crippen molar-refractivity contribution in [2.75, 3.05) is 11.4 Å². The molecule has 1 heterocycles. The topological polar surface area (TPSA) is 3.24 Å². The van der Waals surface area contributed by atoms with Crippen molar-refractivity contribution in [3.63, 3.8) is 0 Å². The summed E-state index contributed by atoms with van der Waals surface area (Å²) in [5, 5.41) is 2.27. The van der Waals surface area contributed by atoms with Crippen LogP contribution >= 0.6 is 0 Å². The monoisotopic (exact) mass is 443 g/mol. The van der Waals surface area contributed by atoms with Crippen LogP contribution in [-0.4, -0.2) is 6.54 Å². The Hall–Kier alpha value is -3.58. The molecule has 0 unspecified atom stereocenters. The maximum atomic E-state index is 4.08. The van der Waals surface area contributed by atoms with E-state index in [0.29, 0.717) is 0 Å². The number of benzene rings is 4. The zero-order valence-corrected chi connectivity index (χ0v) is 20.4. The van der Waals surface area contributed by atoms with Gasteiger partial charge in [0.15, 0.2) is 0 Å². The van der Waals surface area contributed by atoms with Crippen LogP contribution in [0.3, 0.4) is 0 Å². The van der Waals surface area contributed by atoms with Crippen molar-refractivity contribution in [2.45, 2.75) is 39.5 Å². The van der Waals surface area contributed by atoms with Crippen molar-refractivity contribution < 1.29 is 0 Å². The van der Waals surface area contributed by atoms with Gasteiger partial charge in [0.25, 0.3) is 0 Å². The van der Waals surface area contributed by atoms with Crippen molar-refractivity contribution >= 4 is 23.5 Å². The Labute approximate surface area is 203 Å². The van der Waals surface area contributed by atoms with Gasteiger partial charge in [-0.3, -0.25) is 0 Å². The smallest absolute Gasteiger partial charge is 0.0443 e. The fraction of sp³-hybridized carbons (Fsp3) is 0.212. The van der Waals surface area contributed by atoms with Gasteiger partial charge in [0.05, 0.1) is 0 Å². The highest BCUT2D eigenvalue weighted by Crippen LogP contribution is 2.38. The van der Waals surface area contributed by atoms with Gasteiger partial charge in [-0.25, -0.2) is 0 Å². The van der Waals surface area contributed by atoms with E-state index in [1.54, 1.807) is 0 Å². The minimum atomic E-state index is 1.04. The molecule has 0 bridgehead atoms. The van der Waals surface area contributed by atoms with Crippen LogP contribution < -0.4 is 15.3 Å². The fourth-order valence-corrected chi connectivity index (χ4v) is 5.04. The van der Waals surface area contributed by atoms with E-state index in [-0.39, 0.29) is 0 Å². The molecule has 1 nitrogen and oxygen atoms in total. The van der Waals surface area contributed by atoms with Gasteiger partial charge in [0.2, 0.25) is 0 Å². The number of para-hydroxylation sites is 1. The van der Waals surface area contributed by atoms with Gasteiger partial charge < -0.3 is 4.90 Å². The molecule has 0 N–H and O–H groups in total. The quantitative estimate of drug-likeness (QED) is 0.332. The normalized spacial score (nSPS) is 12.6. The van der Waals surface area contributed by atoms with Crippen molar-refractivity contribution in [3.8, 4) is 0 Å². The zero-order chi connectivity index (χ0) is 23.5. The molecule has 4 aromatic carbocycles. The van der Waals surface area contributed by atoms with Gasteiger partial charge in [0, 0.05) is 17.9 Å². The van der Waals surface area contributed by atoms with Crippen LogP contribution in [0, 0.1) is 6.92 Å². The van der Waals surface area contributed by atoms with Crippen molar-refractivity contribution in [1.29, 1.82) is 0 Å². The highest BCUT2D eigenvalue weighted by Gasteiger charge is 2.21. The Morgan fingerprint density at radius 1 is 0.765 bits per heavy atom. The lowest BCUT2D eigenvalue weighted by atomic mass is 9.92. The lowest BCUT2D eigenvalue weighted by Crippen LogP contribution is -2.19. The standard InChI is InChI=1S/C33H33N/c1-4-5-22-34-31-9-7-6-8-26(31)18-19-29-23-30(20-21-32(29)34)33(27-14-10-24(2)11-15-27)28-16-12-25(3)13-17-28/h6-17,20-21,23H,2,4-5,18-19,22H2,1,3H3. The molecule has 5 rings (SSSR count). The third kappa shape index (κ3) is 4.43. The molecule has 1 heteroatoms. The number of hydrogen-bond donors (Lipinski definition) is 0. The average molecular weight is 444 g/mol. The summed E-state index contributed by atoms with van der Waals surface area (Å²) in [6.45, 7) is 9.56. The first-order valence-electron chi connectivity index (χ1n) is 12.5. The van der Waals surface area contributed by atoms with Crippen LogP contribution in [0.5, 0.6) is 0 Å². The van der Waals surface area contributed by atoms with E-state index in [4.69, 9.17) is 0 Å². The Kier molecular flexibility index (Phi) is 6.36. The van der Waals surface area contributed by atoms with Gasteiger partial charge in [0.1, 0.15) is 0 Å². The number of aryl methyl sites for hydroxylation is 3. The molecular weight excluding hydrogens is 410 g/mol. The molecule has 0 saturated heterocycles. The molecule has 0 aromatic heterocycles.